The fraction of sp³-hybridized carbons (Fsp3) is 0.316. The van der Waals surface area contributed by atoms with Crippen molar-refractivity contribution in [3.05, 3.63) is 60.2 Å². The van der Waals surface area contributed by atoms with Gasteiger partial charge in [0.25, 0.3) is 0 Å². The van der Waals surface area contributed by atoms with Gasteiger partial charge in [-0.15, -0.1) is 0 Å². The average Bonchev–Trinajstić information content (AvgIpc) is 2.57. The quantitative estimate of drug-likeness (QED) is 0.946. The van der Waals surface area contributed by atoms with Gasteiger partial charge >= 0.3 is 0 Å². The fourth-order valence-corrected chi connectivity index (χ4v) is 2.85. The summed E-state index contributed by atoms with van der Waals surface area (Å²) in [7, 11) is 0. The lowest BCUT2D eigenvalue weighted by Gasteiger charge is -2.29. The maximum Gasteiger partial charge on any atom is 0.226 e. The van der Waals surface area contributed by atoms with Crippen LogP contribution in [0.2, 0.25) is 0 Å². The molecule has 3 nitrogen and oxygen atoms in total. The number of carbonyl (C=O) groups is 1. The minimum atomic E-state index is -0.241. The van der Waals surface area contributed by atoms with Crippen LogP contribution in [0.15, 0.2) is 54.6 Å². The molecule has 2 aromatic carbocycles. The maximum absolute atomic E-state index is 12.3. The van der Waals surface area contributed by atoms with E-state index >= 15 is 0 Å². The summed E-state index contributed by atoms with van der Waals surface area (Å²) in [4.78, 5) is 14.1. The van der Waals surface area contributed by atoms with E-state index in [1.165, 1.54) is 5.56 Å². The molecule has 1 fully saturated rings. The van der Waals surface area contributed by atoms with Gasteiger partial charge in [-0.1, -0.05) is 54.6 Å². The number of piperidine rings is 1. The standard InChI is InChI=1S/C19H21NO2/c21-18-10-12-20(13-11-18)19(22)14-15-6-8-17(9-7-15)16-4-2-1-3-5-16/h1-9,18,21H,10-14H2. The Morgan fingerprint density at radius 1 is 0.955 bits per heavy atom. The molecule has 0 saturated carbocycles. The van der Waals surface area contributed by atoms with E-state index in [4.69, 9.17) is 0 Å². The summed E-state index contributed by atoms with van der Waals surface area (Å²) in [5.41, 5.74) is 3.39. The predicted molar refractivity (Wildman–Crippen MR) is 87.4 cm³/mol. The topological polar surface area (TPSA) is 40.5 Å². The molecule has 1 aliphatic heterocycles. The van der Waals surface area contributed by atoms with Crippen LogP contribution in [0.1, 0.15) is 18.4 Å². The van der Waals surface area contributed by atoms with Gasteiger partial charge in [0.2, 0.25) is 5.91 Å². The first-order valence-corrected chi connectivity index (χ1v) is 7.82. The van der Waals surface area contributed by atoms with Crippen molar-refractivity contribution in [1.29, 1.82) is 0 Å². The smallest absolute Gasteiger partial charge is 0.226 e. The van der Waals surface area contributed by atoms with Gasteiger partial charge in [-0.25, -0.2) is 0 Å². The van der Waals surface area contributed by atoms with Crippen molar-refractivity contribution in [2.75, 3.05) is 13.1 Å². The molecule has 1 heterocycles. The van der Waals surface area contributed by atoms with E-state index in [0.29, 0.717) is 32.4 Å². The number of carbonyl (C=O) groups excluding carboxylic acids is 1. The van der Waals surface area contributed by atoms with Crippen LogP contribution in [-0.2, 0) is 11.2 Å². The molecule has 0 spiro atoms. The third-order valence-electron chi connectivity index (χ3n) is 4.23. The van der Waals surface area contributed by atoms with Crippen molar-refractivity contribution < 1.29 is 9.90 Å². The van der Waals surface area contributed by atoms with Crippen molar-refractivity contribution in [1.82, 2.24) is 4.90 Å². The van der Waals surface area contributed by atoms with Crippen molar-refractivity contribution in [2.24, 2.45) is 0 Å². The minimum absolute atomic E-state index is 0.152. The molecule has 0 unspecified atom stereocenters. The maximum atomic E-state index is 12.3. The molecule has 0 aliphatic carbocycles. The second-order valence-electron chi connectivity index (χ2n) is 5.85. The monoisotopic (exact) mass is 295 g/mol. The molecule has 1 N–H and O–H groups in total. The Balaban J connectivity index is 1.62. The number of rotatable bonds is 3. The molecule has 1 saturated heterocycles. The van der Waals surface area contributed by atoms with Gasteiger partial charge in [0.15, 0.2) is 0 Å². The molecule has 3 heteroatoms. The zero-order valence-electron chi connectivity index (χ0n) is 12.6. The molecule has 1 aliphatic rings. The molecule has 0 radical (unpaired) electrons. The molecular weight excluding hydrogens is 274 g/mol. The number of benzene rings is 2. The molecule has 0 atom stereocenters. The summed E-state index contributed by atoms with van der Waals surface area (Å²) in [6.45, 7) is 1.34. The summed E-state index contributed by atoms with van der Waals surface area (Å²) in [5.74, 6) is 0.152. The van der Waals surface area contributed by atoms with Crippen LogP contribution in [0.4, 0.5) is 0 Å². The third-order valence-corrected chi connectivity index (χ3v) is 4.23. The Kier molecular flexibility index (Phi) is 4.54. The van der Waals surface area contributed by atoms with E-state index in [1.54, 1.807) is 0 Å². The lowest BCUT2D eigenvalue weighted by Crippen LogP contribution is -2.40. The summed E-state index contributed by atoms with van der Waals surface area (Å²) < 4.78 is 0. The van der Waals surface area contributed by atoms with Gasteiger partial charge in [0, 0.05) is 13.1 Å². The first-order chi connectivity index (χ1) is 10.7. The van der Waals surface area contributed by atoms with Crippen molar-refractivity contribution >= 4 is 5.91 Å². The van der Waals surface area contributed by atoms with Gasteiger partial charge in [-0.2, -0.15) is 0 Å². The van der Waals surface area contributed by atoms with Crippen LogP contribution in [0, 0.1) is 0 Å². The highest BCUT2D eigenvalue weighted by Gasteiger charge is 2.21. The second kappa shape index (κ2) is 6.75. The summed E-state index contributed by atoms with van der Waals surface area (Å²) >= 11 is 0. The van der Waals surface area contributed by atoms with Crippen LogP contribution in [0.5, 0.6) is 0 Å². The first-order valence-electron chi connectivity index (χ1n) is 7.82. The molecule has 114 valence electrons. The Labute approximate surface area is 131 Å². The normalized spacial score (nSPS) is 15.8. The third kappa shape index (κ3) is 3.55. The predicted octanol–water partition coefficient (Wildman–Crippen LogP) is 2.88. The van der Waals surface area contributed by atoms with E-state index in [1.807, 2.05) is 35.2 Å². The molecule has 0 bridgehead atoms. The van der Waals surface area contributed by atoms with Crippen LogP contribution in [-0.4, -0.2) is 35.1 Å². The molecule has 0 aromatic heterocycles. The number of aliphatic hydroxyl groups excluding tert-OH is 1. The van der Waals surface area contributed by atoms with E-state index in [-0.39, 0.29) is 12.0 Å². The van der Waals surface area contributed by atoms with Gasteiger partial charge in [0.05, 0.1) is 12.5 Å². The highest BCUT2D eigenvalue weighted by Crippen LogP contribution is 2.20. The van der Waals surface area contributed by atoms with E-state index in [2.05, 4.69) is 24.3 Å². The molecule has 22 heavy (non-hydrogen) atoms. The molecule has 2 aromatic rings. The summed E-state index contributed by atoms with van der Waals surface area (Å²) in [5, 5.41) is 9.50. The number of hydrogen-bond donors (Lipinski definition) is 1. The van der Waals surface area contributed by atoms with Crippen molar-refractivity contribution in [3.8, 4) is 11.1 Å². The SMILES string of the molecule is O=C(Cc1ccc(-c2ccccc2)cc1)N1CCC(O)CC1. The van der Waals surface area contributed by atoms with Crippen LogP contribution < -0.4 is 0 Å². The second-order valence-corrected chi connectivity index (χ2v) is 5.85. The first kappa shape index (κ1) is 14.8. The summed E-state index contributed by atoms with van der Waals surface area (Å²) in [6, 6.07) is 18.4. The fourth-order valence-electron chi connectivity index (χ4n) is 2.85. The Bertz CT molecular complexity index is 614. The van der Waals surface area contributed by atoms with Crippen molar-refractivity contribution in [2.45, 2.75) is 25.4 Å². The van der Waals surface area contributed by atoms with Crippen molar-refractivity contribution in [3.63, 3.8) is 0 Å². The Morgan fingerprint density at radius 3 is 2.18 bits per heavy atom. The van der Waals surface area contributed by atoms with E-state index in [0.717, 1.165) is 11.1 Å². The number of likely N-dealkylation sites (tertiary alicyclic amines) is 1. The highest BCUT2D eigenvalue weighted by molar-refractivity contribution is 5.79. The lowest BCUT2D eigenvalue weighted by molar-refractivity contribution is -0.132. The number of nitrogens with zero attached hydrogens (tertiary/aromatic N) is 1. The summed E-state index contributed by atoms with van der Waals surface area (Å²) in [6.07, 6.45) is 1.58. The van der Waals surface area contributed by atoms with Gasteiger partial charge in [0.1, 0.15) is 0 Å². The largest absolute Gasteiger partial charge is 0.393 e. The van der Waals surface area contributed by atoms with Crippen LogP contribution in [0.25, 0.3) is 11.1 Å². The minimum Gasteiger partial charge on any atom is -0.393 e. The van der Waals surface area contributed by atoms with Gasteiger partial charge in [-0.3, -0.25) is 4.79 Å². The average molecular weight is 295 g/mol. The van der Waals surface area contributed by atoms with Crippen LogP contribution in [0.3, 0.4) is 0 Å². The Morgan fingerprint density at radius 2 is 1.55 bits per heavy atom. The number of amides is 1. The lowest BCUT2D eigenvalue weighted by atomic mass is 10.0. The molecule has 3 rings (SSSR count). The zero-order chi connectivity index (χ0) is 15.4. The zero-order valence-corrected chi connectivity index (χ0v) is 12.6. The molecular formula is C19H21NO2. The van der Waals surface area contributed by atoms with E-state index < -0.39 is 0 Å². The number of hydrogen-bond acceptors (Lipinski definition) is 2. The highest BCUT2D eigenvalue weighted by atomic mass is 16.3. The Hall–Kier alpha value is -2.13. The molecule has 1 amide bonds. The van der Waals surface area contributed by atoms with Gasteiger partial charge < -0.3 is 10.0 Å². The number of aliphatic hydroxyl groups is 1. The van der Waals surface area contributed by atoms with Gasteiger partial charge in [-0.05, 0) is 29.5 Å². The van der Waals surface area contributed by atoms with Crippen LogP contribution >= 0.6 is 0 Å². The van der Waals surface area contributed by atoms with E-state index in [9.17, 15) is 9.90 Å².